The van der Waals surface area contributed by atoms with Crippen molar-refractivity contribution in [2.75, 3.05) is 0 Å². The highest BCUT2D eigenvalue weighted by Crippen LogP contribution is 2.30. The van der Waals surface area contributed by atoms with Crippen LogP contribution in [0.2, 0.25) is 10.3 Å². The molecule has 0 spiro atoms. The molecule has 94 valence electrons. The lowest BCUT2D eigenvalue weighted by atomic mass is 10.4. The molecule has 0 saturated heterocycles. The van der Waals surface area contributed by atoms with Crippen LogP contribution in [-0.2, 0) is 5.75 Å². The van der Waals surface area contributed by atoms with Crippen LogP contribution >= 0.6 is 73.5 Å². The number of benzene rings is 1. The number of hydrogen-bond acceptors (Lipinski definition) is 3. The van der Waals surface area contributed by atoms with Crippen molar-refractivity contribution >= 4 is 73.5 Å². The van der Waals surface area contributed by atoms with Crippen LogP contribution in [0, 0.1) is 3.57 Å². The molecule has 0 unspecified atom stereocenters. The predicted molar refractivity (Wildman–Crippen MR) is 88.5 cm³/mol. The number of nitrogens with zero attached hydrogens (tertiary/aromatic N) is 2. The van der Waals surface area contributed by atoms with E-state index in [1.807, 2.05) is 46.9 Å². The van der Waals surface area contributed by atoms with Crippen LogP contribution in [0.3, 0.4) is 0 Å². The van der Waals surface area contributed by atoms with E-state index in [1.165, 1.54) is 0 Å². The Morgan fingerprint density at radius 3 is 2.39 bits per heavy atom. The normalized spacial score (nSPS) is 10.7. The predicted octanol–water partition coefficient (Wildman–Crippen LogP) is 5.44. The highest BCUT2D eigenvalue weighted by atomic mass is 127. The average Bonchev–Trinajstić information content (AvgIpc) is 2.35. The topological polar surface area (TPSA) is 25.8 Å². The van der Waals surface area contributed by atoms with Gasteiger partial charge in [0.05, 0.1) is 9.32 Å². The summed E-state index contributed by atoms with van der Waals surface area (Å²) < 4.78 is 1.74. The van der Waals surface area contributed by atoms with E-state index < -0.39 is 0 Å². The molecule has 0 radical (unpaired) electrons. The van der Waals surface area contributed by atoms with E-state index in [0.29, 0.717) is 25.5 Å². The van der Waals surface area contributed by atoms with E-state index in [9.17, 15) is 0 Å². The number of halogens is 4. The summed E-state index contributed by atoms with van der Waals surface area (Å²) in [6, 6.07) is 7.99. The molecule has 0 aliphatic carbocycles. The summed E-state index contributed by atoms with van der Waals surface area (Å²) in [5.74, 6) is 1.25. The highest BCUT2D eigenvalue weighted by molar-refractivity contribution is 14.1. The molecular weight excluding hydrogens is 470 g/mol. The molecule has 0 fully saturated rings. The number of aromatic nitrogens is 2. The number of hydrogen-bond donors (Lipinski definition) is 0. The zero-order chi connectivity index (χ0) is 13.1. The van der Waals surface area contributed by atoms with Gasteiger partial charge in [0.1, 0.15) is 16.1 Å². The summed E-state index contributed by atoms with van der Waals surface area (Å²) in [5, 5.41) is 0.802. The van der Waals surface area contributed by atoms with Gasteiger partial charge >= 0.3 is 0 Å². The lowest BCUT2D eigenvalue weighted by Gasteiger charge is -2.05. The maximum atomic E-state index is 5.97. The number of thioether (sulfide) groups is 1. The minimum Gasteiger partial charge on any atom is -0.219 e. The van der Waals surface area contributed by atoms with Crippen molar-refractivity contribution in [3.8, 4) is 0 Å². The Hall–Kier alpha value is 0.440. The molecule has 0 N–H and O–H groups in total. The monoisotopic (exact) mass is 474 g/mol. The molecule has 1 aromatic carbocycles. The van der Waals surface area contributed by atoms with Gasteiger partial charge in [0.2, 0.25) is 0 Å². The first kappa shape index (κ1) is 14.8. The molecule has 2 nitrogen and oxygen atoms in total. The van der Waals surface area contributed by atoms with Crippen LogP contribution in [0.1, 0.15) is 5.82 Å². The van der Waals surface area contributed by atoms with E-state index in [4.69, 9.17) is 23.2 Å². The quantitative estimate of drug-likeness (QED) is 0.336. The largest absolute Gasteiger partial charge is 0.219 e. The van der Waals surface area contributed by atoms with E-state index in [1.54, 1.807) is 11.8 Å². The fourth-order valence-corrected chi connectivity index (χ4v) is 3.29. The lowest BCUT2D eigenvalue weighted by Crippen LogP contribution is -1.96. The summed E-state index contributed by atoms with van der Waals surface area (Å²) in [6.45, 7) is 0. The van der Waals surface area contributed by atoms with Crippen molar-refractivity contribution in [2.45, 2.75) is 10.6 Å². The molecule has 0 amide bonds. The Balaban J connectivity index is 2.14. The van der Waals surface area contributed by atoms with Gasteiger partial charge in [-0.25, -0.2) is 9.97 Å². The number of rotatable bonds is 3. The van der Waals surface area contributed by atoms with E-state index >= 15 is 0 Å². The van der Waals surface area contributed by atoms with E-state index in [-0.39, 0.29) is 0 Å². The first-order valence-electron chi connectivity index (χ1n) is 4.82. The average molecular weight is 476 g/mol. The summed E-state index contributed by atoms with van der Waals surface area (Å²) in [7, 11) is 0. The molecule has 0 saturated carbocycles. The second-order valence-electron chi connectivity index (χ2n) is 3.25. The summed E-state index contributed by atoms with van der Waals surface area (Å²) in [5.41, 5.74) is 0. The standard InChI is InChI=1S/C11H6BrCl2IN2S/c12-6-3-1-2-4-7(6)18-5-8-16-10(13)9(15)11(14)17-8/h1-4H,5H2. The van der Waals surface area contributed by atoms with Gasteiger partial charge in [-0.05, 0) is 50.7 Å². The maximum absolute atomic E-state index is 5.97. The molecule has 18 heavy (non-hydrogen) atoms. The maximum Gasteiger partial charge on any atom is 0.147 e. The van der Waals surface area contributed by atoms with Crippen molar-refractivity contribution in [1.29, 1.82) is 0 Å². The van der Waals surface area contributed by atoms with Crippen LogP contribution in [0.5, 0.6) is 0 Å². The zero-order valence-corrected chi connectivity index (χ0v) is 14.9. The Kier molecular flexibility index (Phi) is 5.56. The van der Waals surface area contributed by atoms with Gasteiger partial charge in [-0.3, -0.25) is 0 Å². The minimum atomic E-state index is 0.401. The van der Waals surface area contributed by atoms with Gasteiger partial charge in [-0.15, -0.1) is 11.8 Å². The third-order valence-corrected chi connectivity index (χ3v) is 6.24. The smallest absolute Gasteiger partial charge is 0.147 e. The first-order valence-corrected chi connectivity index (χ1v) is 8.44. The molecule has 2 rings (SSSR count). The zero-order valence-electron chi connectivity index (χ0n) is 8.83. The van der Waals surface area contributed by atoms with E-state index in [0.717, 1.165) is 9.37 Å². The Bertz CT molecular complexity index is 560. The van der Waals surface area contributed by atoms with Crippen LogP contribution < -0.4 is 0 Å². The minimum absolute atomic E-state index is 0.401. The van der Waals surface area contributed by atoms with Gasteiger partial charge in [-0.1, -0.05) is 35.3 Å². The summed E-state index contributed by atoms with van der Waals surface area (Å²) in [6.07, 6.45) is 0. The van der Waals surface area contributed by atoms with Crippen LogP contribution in [0.25, 0.3) is 0 Å². The lowest BCUT2D eigenvalue weighted by molar-refractivity contribution is 1.02. The van der Waals surface area contributed by atoms with E-state index in [2.05, 4.69) is 25.9 Å². The van der Waals surface area contributed by atoms with Gasteiger partial charge in [0.25, 0.3) is 0 Å². The van der Waals surface area contributed by atoms with Crippen molar-refractivity contribution in [3.63, 3.8) is 0 Å². The third-order valence-electron chi connectivity index (χ3n) is 2.01. The first-order chi connectivity index (χ1) is 8.58. The van der Waals surface area contributed by atoms with Gasteiger partial charge < -0.3 is 0 Å². The van der Waals surface area contributed by atoms with Crippen molar-refractivity contribution in [2.24, 2.45) is 0 Å². The van der Waals surface area contributed by atoms with Crippen LogP contribution in [0.15, 0.2) is 33.6 Å². The van der Waals surface area contributed by atoms with Gasteiger partial charge in [-0.2, -0.15) is 0 Å². The van der Waals surface area contributed by atoms with Crippen molar-refractivity contribution in [3.05, 3.63) is 48.4 Å². The fraction of sp³-hybridized carbons (Fsp3) is 0.0909. The second kappa shape index (κ2) is 6.74. The molecule has 0 aliphatic heterocycles. The molecule has 1 heterocycles. The Morgan fingerprint density at radius 2 is 1.78 bits per heavy atom. The van der Waals surface area contributed by atoms with Gasteiger partial charge in [0, 0.05) is 9.37 Å². The highest BCUT2D eigenvalue weighted by Gasteiger charge is 2.09. The Morgan fingerprint density at radius 1 is 1.17 bits per heavy atom. The van der Waals surface area contributed by atoms with Crippen LogP contribution in [0.4, 0.5) is 0 Å². The molecule has 0 aliphatic rings. The van der Waals surface area contributed by atoms with Crippen LogP contribution in [-0.4, -0.2) is 9.97 Å². The SMILES string of the molecule is Clc1nc(CSc2ccccc2Br)nc(Cl)c1I. The van der Waals surface area contributed by atoms with Gasteiger partial charge in [0.15, 0.2) is 0 Å². The summed E-state index contributed by atoms with van der Waals surface area (Å²) >= 11 is 19.1. The van der Waals surface area contributed by atoms with Crippen molar-refractivity contribution in [1.82, 2.24) is 9.97 Å². The van der Waals surface area contributed by atoms with Crippen molar-refractivity contribution < 1.29 is 0 Å². The molecule has 0 bridgehead atoms. The summed E-state index contributed by atoms with van der Waals surface area (Å²) in [4.78, 5) is 9.54. The molecular formula is C11H6BrCl2IN2S. The second-order valence-corrected chi connectivity index (χ2v) is 6.92. The molecule has 2 aromatic rings. The molecule has 0 atom stereocenters. The molecule has 1 aromatic heterocycles. The fourth-order valence-electron chi connectivity index (χ4n) is 1.20. The molecule has 7 heteroatoms. The third kappa shape index (κ3) is 3.72. The Labute approximate surface area is 141 Å².